The van der Waals surface area contributed by atoms with E-state index in [1.807, 2.05) is 11.8 Å². The summed E-state index contributed by atoms with van der Waals surface area (Å²) in [5, 5.41) is 8.41. The molecular weight excluding hydrogens is 344 g/mol. The van der Waals surface area contributed by atoms with E-state index < -0.39 is 0 Å². The van der Waals surface area contributed by atoms with Crippen molar-refractivity contribution >= 4 is 5.91 Å². The van der Waals surface area contributed by atoms with Gasteiger partial charge in [0.05, 0.1) is 12.0 Å². The number of hydrogen-bond donors (Lipinski definition) is 0. The van der Waals surface area contributed by atoms with Gasteiger partial charge in [-0.2, -0.15) is 10.1 Å². The Labute approximate surface area is 158 Å². The van der Waals surface area contributed by atoms with E-state index in [2.05, 4.69) is 15.2 Å². The summed E-state index contributed by atoms with van der Waals surface area (Å²) in [4.78, 5) is 21.7. The molecule has 0 N–H and O–H groups in total. The summed E-state index contributed by atoms with van der Waals surface area (Å²) >= 11 is 0. The molecule has 0 spiro atoms. The third kappa shape index (κ3) is 3.16. The molecule has 8 nitrogen and oxygen atoms in total. The molecule has 1 atom stereocenters. The molecule has 2 aliphatic heterocycles. The lowest BCUT2D eigenvalue weighted by molar-refractivity contribution is 0.0579. The Morgan fingerprint density at radius 2 is 2.15 bits per heavy atom. The highest BCUT2D eigenvalue weighted by Crippen LogP contribution is 2.37. The molecule has 8 heteroatoms. The number of rotatable bonds is 6. The standard InChI is InChI=1S/C19H26N6O2/c1-2-25-16(7-8-20-25)19(26)24-11-14(12-24)17-21-18(27-22-17)15-4-3-9-23(15)10-13-5-6-13/h7-8,13-15H,2-6,9-12H2,1H3. The van der Waals surface area contributed by atoms with Crippen LogP contribution in [0.1, 0.15) is 66.8 Å². The highest BCUT2D eigenvalue weighted by molar-refractivity contribution is 5.93. The van der Waals surface area contributed by atoms with E-state index in [1.54, 1.807) is 16.9 Å². The van der Waals surface area contributed by atoms with E-state index >= 15 is 0 Å². The zero-order valence-electron chi connectivity index (χ0n) is 15.8. The molecule has 3 aliphatic rings. The van der Waals surface area contributed by atoms with Gasteiger partial charge in [0.25, 0.3) is 5.91 Å². The van der Waals surface area contributed by atoms with E-state index in [4.69, 9.17) is 9.51 Å². The number of aromatic nitrogens is 4. The third-order valence-corrected chi connectivity index (χ3v) is 6.06. The summed E-state index contributed by atoms with van der Waals surface area (Å²) in [6.07, 6.45) is 6.70. The molecule has 1 amide bonds. The molecule has 0 aromatic carbocycles. The summed E-state index contributed by atoms with van der Waals surface area (Å²) in [5.41, 5.74) is 0.645. The molecule has 1 saturated carbocycles. The second-order valence-corrected chi connectivity index (χ2v) is 8.03. The SMILES string of the molecule is CCn1nccc1C(=O)N1CC(c2noc(C3CCCN3CC3CC3)n2)C1. The van der Waals surface area contributed by atoms with Crippen molar-refractivity contribution in [2.75, 3.05) is 26.2 Å². The number of likely N-dealkylation sites (tertiary alicyclic amines) is 2. The predicted octanol–water partition coefficient (Wildman–Crippen LogP) is 2.07. The van der Waals surface area contributed by atoms with Gasteiger partial charge in [-0.3, -0.25) is 14.4 Å². The van der Waals surface area contributed by atoms with Crippen molar-refractivity contribution in [1.82, 2.24) is 29.7 Å². The monoisotopic (exact) mass is 370 g/mol. The number of carbonyl (C=O) groups excluding carboxylic acids is 1. The summed E-state index contributed by atoms with van der Waals surface area (Å²) in [6.45, 7) is 6.26. The van der Waals surface area contributed by atoms with E-state index in [-0.39, 0.29) is 17.9 Å². The first kappa shape index (κ1) is 16.9. The maximum Gasteiger partial charge on any atom is 0.272 e. The first-order valence-electron chi connectivity index (χ1n) is 10.1. The average Bonchev–Trinajstić information content (AvgIpc) is 3.06. The zero-order valence-corrected chi connectivity index (χ0v) is 15.8. The van der Waals surface area contributed by atoms with Gasteiger partial charge in [-0.25, -0.2) is 0 Å². The van der Waals surface area contributed by atoms with Gasteiger partial charge < -0.3 is 9.42 Å². The Hall–Kier alpha value is -2.22. The van der Waals surface area contributed by atoms with Crippen molar-refractivity contribution in [2.45, 2.75) is 51.1 Å². The lowest BCUT2D eigenvalue weighted by Gasteiger charge is -2.37. The van der Waals surface area contributed by atoms with Crippen molar-refractivity contribution < 1.29 is 9.32 Å². The van der Waals surface area contributed by atoms with E-state index in [1.165, 1.54) is 25.8 Å². The maximum absolute atomic E-state index is 12.6. The molecule has 4 heterocycles. The molecule has 0 bridgehead atoms. The second-order valence-electron chi connectivity index (χ2n) is 8.03. The van der Waals surface area contributed by atoms with Crippen LogP contribution in [0.5, 0.6) is 0 Å². The van der Waals surface area contributed by atoms with E-state index in [9.17, 15) is 4.79 Å². The Morgan fingerprint density at radius 3 is 2.93 bits per heavy atom. The highest BCUT2D eigenvalue weighted by atomic mass is 16.5. The molecule has 0 radical (unpaired) electrons. The van der Waals surface area contributed by atoms with Crippen molar-refractivity contribution in [3.63, 3.8) is 0 Å². The fraction of sp³-hybridized carbons (Fsp3) is 0.684. The summed E-state index contributed by atoms with van der Waals surface area (Å²) in [6, 6.07) is 2.06. The van der Waals surface area contributed by atoms with Gasteiger partial charge >= 0.3 is 0 Å². The number of aryl methyl sites for hydroxylation is 1. The van der Waals surface area contributed by atoms with Crippen LogP contribution in [0.4, 0.5) is 0 Å². The molecule has 2 saturated heterocycles. The first-order valence-corrected chi connectivity index (χ1v) is 10.1. The number of nitrogens with zero attached hydrogens (tertiary/aromatic N) is 6. The van der Waals surface area contributed by atoms with Crippen molar-refractivity contribution in [3.8, 4) is 0 Å². The molecule has 3 fully saturated rings. The summed E-state index contributed by atoms with van der Waals surface area (Å²) in [5.74, 6) is 2.58. The van der Waals surface area contributed by atoms with Crippen molar-refractivity contribution in [1.29, 1.82) is 0 Å². The molecule has 5 rings (SSSR count). The van der Waals surface area contributed by atoms with Crippen LogP contribution < -0.4 is 0 Å². The topological polar surface area (TPSA) is 80.3 Å². The largest absolute Gasteiger partial charge is 0.338 e. The van der Waals surface area contributed by atoms with E-state index in [0.29, 0.717) is 25.3 Å². The van der Waals surface area contributed by atoms with Gasteiger partial charge in [0.15, 0.2) is 5.82 Å². The molecule has 2 aromatic heterocycles. The number of carbonyl (C=O) groups is 1. The average molecular weight is 370 g/mol. The van der Waals surface area contributed by atoms with Crippen LogP contribution in [0.25, 0.3) is 0 Å². The van der Waals surface area contributed by atoms with Crippen LogP contribution in [0.3, 0.4) is 0 Å². The molecular formula is C19H26N6O2. The molecule has 1 aliphatic carbocycles. The minimum atomic E-state index is 0.0284. The summed E-state index contributed by atoms with van der Waals surface area (Å²) in [7, 11) is 0. The molecule has 1 unspecified atom stereocenters. The second kappa shape index (κ2) is 6.74. The smallest absolute Gasteiger partial charge is 0.272 e. The van der Waals surface area contributed by atoms with Crippen LogP contribution in [0.15, 0.2) is 16.8 Å². The molecule has 27 heavy (non-hydrogen) atoms. The fourth-order valence-electron chi connectivity index (χ4n) is 4.24. The van der Waals surface area contributed by atoms with Crippen LogP contribution in [0, 0.1) is 5.92 Å². The van der Waals surface area contributed by atoms with Crippen molar-refractivity contribution in [2.24, 2.45) is 5.92 Å². The van der Waals surface area contributed by atoms with Crippen LogP contribution >= 0.6 is 0 Å². The van der Waals surface area contributed by atoms with Crippen LogP contribution in [-0.2, 0) is 6.54 Å². The van der Waals surface area contributed by atoms with Crippen molar-refractivity contribution in [3.05, 3.63) is 29.7 Å². The minimum absolute atomic E-state index is 0.0284. The van der Waals surface area contributed by atoms with Gasteiger partial charge in [-0.15, -0.1) is 0 Å². The van der Waals surface area contributed by atoms with Gasteiger partial charge in [-0.05, 0) is 51.1 Å². The van der Waals surface area contributed by atoms with Crippen LogP contribution in [0.2, 0.25) is 0 Å². The number of hydrogen-bond acceptors (Lipinski definition) is 6. The third-order valence-electron chi connectivity index (χ3n) is 6.06. The Kier molecular flexibility index (Phi) is 4.22. The quantitative estimate of drug-likeness (QED) is 0.774. The van der Waals surface area contributed by atoms with Gasteiger partial charge in [0, 0.05) is 32.4 Å². The Balaban J connectivity index is 1.21. The Morgan fingerprint density at radius 1 is 1.30 bits per heavy atom. The predicted molar refractivity (Wildman–Crippen MR) is 97.1 cm³/mol. The number of amides is 1. The Bertz CT molecular complexity index is 820. The molecule has 144 valence electrons. The lowest BCUT2D eigenvalue weighted by atomic mass is 9.99. The lowest BCUT2D eigenvalue weighted by Crippen LogP contribution is -2.49. The normalized spacial score (nSPS) is 23.7. The summed E-state index contributed by atoms with van der Waals surface area (Å²) < 4.78 is 7.35. The fourth-order valence-corrected chi connectivity index (χ4v) is 4.24. The van der Waals surface area contributed by atoms with E-state index in [0.717, 1.165) is 30.6 Å². The van der Waals surface area contributed by atoms with Gasteiger partial charge in [-0.1, -0.05) is 5.16 Å². The maximum atomic E-state index is 12.6. The highest BCUT2D eigenvalue weighted by Gasteiger charge is 2.39. The van der Waals surface area contributed by atoms with Crippen LogP contribution in [-0.4, -0.2) is 61.8 Å². The van der Waals surface area contributed by atoms with Gasteiger partial charge in [0.1, 0.15) is 5.69 Å². The van der Waals surface area contributed by atoms with Gasteiger partial charge in [0.2, 0.25) is 5.89 Å². The zero-order chi connectivity index (χ0) is 18.4. The minimum Gasteiger partial charge on any atom is -0.338 e. The first-order chi connectivity index (χ1) is 13.2. The molecule has 2 aromatic rings.